The van der Waals surface area contributed by atoms with E-state index in [9.17, 15) is 10.1 Å². The number of esters is 1. The van der Waals surface area contributed by atoms with E-state index >= 15 is 0 Å². The maximum absolute atomic E-state index is 11.0. The van der Waals surface area contributed by atoms with E-state index in [4.69, 9.17) is 16.3 Å². The van der Waals surface area contributed by atoms with E-state index in [1.807, 2.05) is 31.2 Å². The number of hydrogen-bond acceptors (Lipinski definition) is 4. The molecule has 0 bridgehead atoms. The molecule has 0 N–H and O–H groups in total. The van der Waals surface area contributed by atoms with Crippen LogP contribution >= 0.6 is 11.6 Å². The summed E-state index contributed by atoms with van der Waals surface area (Å²) >= 11 is 6.58. The van der Waals surface area contributed by atoms with Gasteiger partial charge in [0.2, 0.25) is 0 Å². The molecule has 3 rings (SSSR count). The van der Waals surface area contributed by atoms with E-state index in [0.29, 0.717) is 22.8 Å². The van der Waals surface area contributed by atoms with Crippen LogP contribution in [0.5, 0.6) is 0 Å². The fraction of sp³-hybridized carbons (Fsp3) is 0.235. The molecule has 1 aromatic carbocycles. The molecule has 0 atom stereocenters. The second-order valence-corrected chi connectivity index (χ2v) is 5.59. The van der Waals surface area contributed by atoms with Crippen LogP contribution in [0.4, 0.5) is 0 Å². The molecule has 0 aliphatic carbocycles. The van der Waals surface area contributed by atoms with Gasteiger partial charge in [-0.3, -0.25) is 9.20 Å². The van der Waals surface area contributed by atoms with Crippen LogP contribution in [0.25, 0.3) is 16.7 Å². The Balaban J connectivity index is 2.26. The van der Waals surface area contributed by atoms with Crippen LogP contribution < -0.4 is 0 Å². The van der Waals surface area contributed by atoms with Crippen molar-refractivity contribution in [3.8, 4) is 6.07 Å². The first kappa shape index (κ1) is 15.3. The number of rotatable bonds is 3. The molecule has 0 fully saturated rings. The molecule has 116 valence electrons. The lowest BCUT2D eigenvalue weighted by atomic mass is 10.0. The average molecular weight is 328 g/mol. The zero-order valence-electron chi connectivity index (χ0n) is 12.8. The molecule has 0 aliphatic heterocycles. The van der Waals surface area contributed by atoms with Crippen LogP contribution in [0.3, 0.4) is 0 Å². The Hall–Kier alpha value is -2.58. The van der Waals surface area contributed by atoms with Crippen molar-refractivity contribution in [1.82, 2.24) is 9.38 Å². The zero-order chi connectivity index (χ0) is 16.6. The molecule has 6 heteroatoms. The van der Waals surface area contributed by atoms with Gasteiger partial charge >= 0.3 is 5.97 Å². The second-order valence-electron chi connectivity index (χ2n) is 5.23. The van der Waals surface area contributed by atoms with Gasteiger partial charge in [0.05, 0.1) is 23.2 Å². The summed E-state index contributed by atoms with van der Waals surface area (Å²) in [4.78, 5) is 15.5. The number of carbonyl (C=O) groups excluding carboxylic acids is 1. The Bertz CT molecular complexity index is 970. The molecule has 2 heterocycles. The maximum atomic E-state index is 11.0. The summed E-state index contributed by atoms with van der Waals surface area (Å²) < 4.78 is 6.79. The Morgan fingerprint density at radius 1 is 1.43 bits per heavy atom. The number of hydrogen-bond donors (Lipinski definition) is 0. The van der Waals surface area contributed by atoms with Gasteiger partial charge in [-0.15, -0.1) is 0 Å². The van der Waals surface area contributed by atoms with Crippen molar-refractivity contribution < 1.29 is 9.53 Å². The Morgan fingerprint density at radius 2 is 2.17 bits per heavy atom. The summed E-state index contributed by atoms with van der Waals surface area (Å²) in [5.74, 6) is -0.339. The van der Waals surface area contributed by atoms with Crippen LogP contribution in [-0.4, -0.2) is 22.0 Å². The van der Waals surface area contributed by atoms with Gasteiger partial charge in [-0.25, -0.2) is 4.98 Å². The van der Waals surface area contributed by atoms with Gasteiger partial charge in [0, 0.05) is 13.3 Å². The number of halogens is 1. The lowest BCUT2D eigenvalue weighted by Gasteiger charge is -2.13. The highest BCUT2D eigenvalue weighted by Gasteiger charge is 2.19. The fourth-order valence-corrected chi connectivity index (χ4v) is 3.13. The van der Waals surface area contributed by atoms with E-state index in [-0.39, 0.29) is 12.6 Å². The van der Waals surface area contributed by atoms with Gasteiger partial charge in [0.1, 0.15) is 11.2 Å². The molecule has 3 aromatic rings. The molecule has 0 aliphatic rings. The van der Waals surface area contributed by atoms with E-state index in [1.54, 1.807) is 4.40 Å². The number of pyridine rings is 1. The Morgan fingerprint density at radius 3 is 2.87 bits per heavy atom. The maximum Gasteiger partial charge on any atom is 0.302 e. The average Bonchev–Trinajstić information content (AvgIpc) is 2.90. The largest absolute Gasteiger partial charge is 0.466 e. The van der Waals surface area contributed by atoms with Crippen molar-refractivity contribution >= 4 is 34.3 Å². The molecule has 0 radical (unpaired) electrons. The topological polar surface area (TPSA) is 67.4 Å². The van der Waals surface area contributed by atoms with Crippen LogP contribution in [0.2, 0.25) is 5.15 Å². The van der Waals surface area contributed by atoms with Crippen molar-refractivity contribution in [2.45, 2.75) is 20.3 Å². The molecule has 5 nitrogen and oxygen atoms in total. The third-order valence-corrected chi connectivity index (χ3v) is 4.22. The predicted molar refractivity (Wildman–Crippen MR) is 87.5 cm³/mol. The van der Waals surface area contributed by atoms with Crippen molar-refractivity contribution in [1.29, 1.82) is 5.26 Å². The lowest BCUT2D eigenvalue weighted by Crippen LogP contribution is -2.08. The smallest absolute Gasteiger partial charge is 0.302 e. The quantitative estimate of drug-likeness (QED) is 0.546. The Kier molecular flexibility index (Phi) is 3.93. The molecule has 2 aromatic heterocycles. The number of para-hydroxylation sites is 2. The van der Waals surface area contributed by atoms with Crippen LogP contribution in [0.1, 0.15) is 23.6 Å². The number of imidazole rings is 1. The number of carbonyl (C=O) groups is 1. The van der Waals surface area contributed by atoms with Gasteiger partial charge in [0.15, 0.2) is 5.65 Å². The number of ether oxygens (including phenoxy) is 1. The first-order valence-corrected chi connectivity index (χ1v) is 7.54. The monoisotopic (exact) mass is 327 g/mol. The highest BCUT2D eigenvalue weighted by atomic mass is 35.5. The lowest BCUT2D eigenvalue weighted by molar-refractivity contribution is -0.140. The molecule has 0 saturated heterocycles. The van der Waals surface area contributed by atoms with Crippen LogP contribution in [-0.2, 0) is 16.0 Å². The highest BCUT2D eigenvalue weighted by Crippen LogP contribution is 2.30. The Labute approximate surface area is 138 Å². The molecule has 0 unspecified atom stereocenters. The van der Waals surface area contributed by atoms with E-state index in [1.165, 1.54) is 6.92 Å². The fourth-order valence-electron chi connectivity index (χ4n) is 2.72. The molecular weight excluding hydrogens is 314 g/mol. The van der Waals surface area contributed by atoms with E-state index < -0.39 is 0 Å². The predicted octanol–water partition coefficient (Wildman–Crippen LogP) is 3.43. The number of aromatic nitrogens is 2. The minimum absolute atomic E-state index is 0.221. The van der Waals surface area contributed by atoms with Gasteiger partial charge in [-0.1, -0.05) is 23.7 Å². The summed E-state index contributed by atoms with van der Waals surface area (Å²) in [6, 6.07) is 9.80. The van der Waals surface area contributed by atoms with Crippen molar-refractivity contribution in [3.05, 3.63) is 46.1 Å². The highest BCUT2D eigenvalue weighted by molar-refractivity contribution is 6.31. The third kappa shape index (κ3) is 2.51. The van der Waals surface area contributed by atoms with Gasteiger partial charge in [0.25, 0.3) is 0 Å². The standard InChI is InChI=1S/C17H14ClN3O2/c1-10-12(7-8-23-11(2)22)16(18)21-15-6-4-3-5-14(15)20-17(21)13(10)9-19/h3-6H,7-8H2,1-2H3. The van der Waals surface area contributed by atoms with E-state index in [2.05, 4.69) is 11.1 Å². The zero-order valence-corrected chi connectivity index (χ0v) is 13.5. The first-order valence-electron chi connectivity index (χ1n) is 7.16. The number of benzene rings is 1. The van der Waals surface area contributed by atoms with Crippen molar-refractivity contribution in [3.63, 3.8) is 0 Å². The summed E-state index contributed by atoms with van der Waals surface area (Å²) in [6.45, 7) is 3.42. The molecule has 0 saturated carbocycles. The number of nitriles is 1. The second kappa shape index (κ2) is 5.90. The van der Waals surface area contributed by atoms with Crippen molar-refractivity contribution in [2.75, 3.05) is 6.61 Å². The molecule has 0 spiro atoms. The van der Waals surface area contributed by atoms with E-state index in [0.717, 1.165) is 22.2 Å². The van der Waals surface area contributed by atoms with Gasteiger partial charge < -0.3 is 4.74 Å². The summed E-state index contributed by atoms with van der Waals surface area (Å²) in [5.41, 5.74) is 4.23. The summed E-state index contributed by atoms with van der Waals surface area (Å²) in [7, 11) is 0. The normalized spacial score (nSPS) is 10.9. The van der Waals surface area contributed by atoms with Crippen LogP contribution in [0, 0.1) is 18.3 Å². The third-order valence-electron chi connectivity index (χ3n) is 3.83. The summed E-state index contributed by atoms with van der Waals surface area (Å²) in [5, 5.41) is 10.0. The molecular formula is C17H14ClN3O2. The first-order chi connectivity index (χ1) is 11.0. The number of fused-ring (bicyclic) bond motifs is 3. The minimum Gasteiger partial charge on any atom is -0.466 e. The SMILES string of the molecule is CC(=O)OCCc1c(C)c(C#N)c2nc3ccccc3n2c1Cl. The number of nitrogens with zero attached hydrogens (tertiary/aromatic N) is 3. The van der Waals surface area contributed by atoms with Crippen LogP contribution in [0.15, 0.2) is 24.3 Å². The molecule has 0 amide bonds. The summed E-state index contributed by atoms with van der Waals surface area (Å²) in [6.07, 6.45) is 0.446. The van der Waals surface area contributed by atoms with Gasteiger partial charge in [-0.2, -0.15) is 5.26 Å². The minimum atomic E-state index is -0.339. The molecule has 23 heavy (non-hydrogen) atoms. The van der Waals surface area contributed by atoms with Gasteiger partial charge in [-0.05, 0) is 30.2 Å². The van der Waals surface area contributed by atoms with Crippen molar-refractivity contribution in [2.24, 2.45) is 0 Å².